The third-order valence-corrected chi connectivity index (χ3v) is 8.04. The van der Waals surface area contributed by atoms with Crippen LogP contribution in [0.15, 0.2) is 54.9 Å². The molecular weight excluding hydrogens is 544 g/mol. The number of alkyl halides is 1. The molecule has 0 bridgehead atoms. The van der Waals surface area contributed by atoms with E-state index in [2.05, 4.69) is 25.9 Å². The number of ether oxygens (including phenoxy) is 1. The SMILES string of the molecule is Nc1ncnc2c1c(-c1ccc(Oc3ccc(Cl)cc3)cc1)nn2C1CCCN(C(=O)C2CC2Br)C1. The largest absolute Gasteiger partial charge is 0.457 e. The number of nitrogens with two attached hydrogens (primary N) is 1. The van der Waals surface area contributed by atoms with Crippen molar-refractivity contribution in [3.8, 4) is 22.8 Å². The summed E-state index contributed by atoms with van der Waals surface area (Å²) in [5.41, 5.74) is 8.59. The molecule has 3 atom stereocenters. The fraction of sp³-hybridized carbons (Fsp3) is 0.308. The van der Waals surface area contributed by atoms with E-state index in [1.807, 2.05) is 46.0 Å². The Balaban J connectivity index is 1.30. The second kappa shape index (κ2) is 9.37. The first kappa shape index (κ1) is 23.2. The Bertz CT molecular complexity index is 1430. The van der Waals surface area contributed by atoms with Crippen LogP contribution in [-0.4, -0.2) is 48.5 Å². The number of carbonyl (C=O) groups is 1. The number of piperidine rings is 1. The lowest BCUT2D eigenvalue weighted by Crippen LogP contribution is -2.42. The van der Waals surface area contributed by atoms with Gasteiger partial charge in [-0.2, -0.15) is 5.10 Å². The maximum absolute atomic E-state index is 12.9. The van der Waals surface area contributed by atoms with E-state index in [1.165, 1.54) is 6.33 Å². The van der Waals surface area contributed by atoms with Crippen molar-refractivity contribution in [1.29, 1.82) is 0 Å². The van der Waals surface area contributed by atoms with Crippen LogP contribution < -0.4 is 10.5 Å². The smallest absolute Gasteiger partial charge is 0.226 e. The Morgan fingerprint density at radius 1 is 1.08 bits per heavy atom. The van der Waals surface area contributed by atoms with Crippen molar-refractivity contribution < 1.29 is 9.53 Å². The third-order valence-electron chi connectivity index (χ3n) is 6.78. The molecule has 3 heterocycles. The number of nitrogens with zero attached hydrogens (tertiary/aromatic N) is 5. The van der Waals surface area contributed by atoms with Gasteiger partial charge in [0, 0.05) is 28.5 Å². The van der Waals surface area contributed by atoms with E-state index in [1.54, 1.807) is 12.1 Å². The molecule has 1 saturated heterocycles. The van der Waals surface area contributed by atoms with Crippen LogP contribution in [0.5, 0.6) is 11.5 Å². The minimum Gasteiger partial charge on any atom is -0.457 e. The first-order valence-electron chi connectivity index (χ1n) is 11.9. The van der Waals surface area contributed by atoms with E-state index in [0.717, 1.165) is 36.8 Å². The van der Waals surface area contributed by atoms with Crippen LogP contribution in [0.4, 0.5) is 5.82 Å². The highest BCUT2D eigenvalue weighted by Gasteiger charge is 2.44. The first-order valence-corrected chi connectivity index (χ1v) is 13.2. The zero-order valence-corrected chi connectivity index (χ0v) is 21.7. The molecule has 2 N–H and O–H groups in total. The van der Waals surface area contributed by atoms with E-state index in [4.69, 9.17) is 27.2 Å². The monoisotopic (exact) mass is 566 g/mol. The van der Waals surface area contributed by atoms with Gasteiger partial charge in [0.1, 0.15) is 29.3 Å². The molecule has 0 spiro atoms. The molecule has 3 unspecified atom stereocenters. The number of hydrogen-bond acceptors (Lipinski definition) is 6. The molecule has 0 radical (unpaired) electrons. The zero-order valence-electron chi connectivity index (χ0n) is 19.3. The quantitative estimate of drug-likeness (QED) is 0.321. The summed E-state index contributed by atoms with van der Waals surface area (Å²) in [4.78, 5) is 23.9. The molecule has 2 fully saturated rings. The molecule has 2 aromatic heterocycles. The fourth-order valence-corrected chi connectivity index (χ4v) is 5.54. The number of benzene rings is 2. The molecule has 1 saturated carbocycles. The summed E-state index contributed by atoms with van der Waals surface area (Å²) >= 11 is 9.52. The number of amides is 1. The Morgan fingerprint density at radius 3 is 2.47 bits per heavy atom. The zero-order chi connectivity index (χ0) is 24.8. The highest BCUT2D eigenvalue weighted by molar-refractivity contribution is 9.09. The van der Waals surface area contributed by atoms with E-state index in [9.17, 15) is 4.79 Å². The van der Waals surface area contributed by atoms with Gasteiger partial charge in [-0.15, -0.1) is 0 Å². The van der Waals surface area contributed by atoms with E-state index in [-0.39, 0.29) is 17.9 Å². The number of halogens is 2. The minimum atomic E-state index is 0.0216. The molecule has 36 heavy (non-hydrogen) atoms. The summed E-state index contributed by atoms with van der Waals surface area (Å²) in [6.07, 6.45) is 4.22. The highest BCUT2D eigenvalue weighted by atomic mass is 79.9. The van der Waals surface area contributed by atoms with Crippen LogP contribution in [0.25, 0.3) is 22.3 Å². The minimum absolute atomic E-state index is 0.0216. The molecular formula is C26H24BrClN6O2. The number of aromatic nitrogens is 4. The molecule has 6 rings (SSSR count). The summed E-state index contributed by atoms with van der Waals surface area (Å²) in [5.74, 6) is 2.10. The molecule has 1 aliphatic heterocycles. The number of anilines is 1. The fourth-order valence-electron chi connectivity index (χ4n) is 4.78. The normalized spacial score (nSPS) is 21.5. The first-order chi connectivity index (χ1) is 17.5. The molecule has 4 aromatic rings. The average molecular weight is 568 g/mol. The summed E-state index contributed by atoms with van der Waals surface area (Å²) in [6, 6.07) is 14.9. The van der Waals surface area contributed by atoms with Gasteiger partial charge in [-0.05, 0) is 67.8 Å². The summed E-state index contributed by atoms with van der Waals surface area (Å²) in [5, 5.41) is 6.34. The molecule has 1 aliphatic carbocycles. The Kier molecular flexibility index (Phi) is 6.05. The van der Waals surface area contributed by atoms with Crippen molar-refractivity contribution in [3.05, 3.63) is 59.9 Å². The molecule has 184 valence electrons. The van der Waals surface area contributed by atoms with Crippen molar-refractivity contribution in [2.24, 2.45) is 5.92 Å². The molecule has 10 heteroatoms. The standard InChI is InChI=1S/C26H24BrClN6O2/c27-21-12-20(21)26(35)33-11-1-2-17(13-33)34-25-22(24(29)30-14-31-25)23(32-34)15-3-7-18(8-4-15)36-19-9-5-16(28)6-10-19/h3-10,14,17,20-21H,1-2,11-13H2,(H2,29,30,31). The predicted molar refractivity (Wildman–Crippen MR) is 142 cm³/mol. The Labute approximate surface area is 221 Å². The van der Waals surface area contributed by atoms with Crippen LogP contribution >= 0.6 is 27.5 Å². The number of fused-ring (bicyclic) bond motifs is 1. The molecule has 1 amide bonds. The molecule has 2 aromatic carbocycles. The summed E-state index contributed by atoms with van der Waals surface area (Å²) in [7, 11) is 0. The lowest BCUT2D eigenvalue weighted by atomic mass is 10.1. The maximum Gasteiger partial charge on any atom is 0.226 e. The van der Waals surface area contributed by atoms with Gasteiger partial charge < -0.3 is 15.4 Å². The predicted octanol–water partition coefficient (Wildman–Crippen LogP) is 5.47. The second-order valence-electron chi connectivity index (χ2n) is 9.27. The lowest BCUT2D eigenvalue weighted by molar-refractivity contribution is -0.134. The van der Waals surface area contributed by atoms with Crippen LogP contribution in [-0.2, 0) is 4.79 Å². The second-order valence-corrected chi connectivity index (χ2v) is 10.9. The molecule has 8 nitrogen and oxygen atoms in total. The average Bonchev–Trinajstić information content (AvgIpc) is 3.49. The summed E-state index contributed by atoms with van der Waals surface area (Å²) in [6.45, 7) is 1.40. The van der Waals surface area contributed by atoms with Gasteiger partial charge in [0.25, 0.3) is 0 Å². The van der Waals surface area contributed by atoms with Crippen molar-refractivity contribution in [1.82, 2.24) is 24.6 Å². The van der Waals surface area contributed by atoms with Gasteiger partial charge in [0.2, 0.25) is 5.91 Å². The number of rotatable bonds is 5. The maximum atomic E-state index is 12.9. The summed E-state index contributed by atoms with van der Waals surface area (Å²) < 4.78 is 7.86. The lowest BCUT2D eigenvalue weighted by Gasteiger charge is -2.33. The number of carbonyl (C=O) groups excluding carboxylic acids is 1. The number of nitrogen functional groups attached to an aromatic ring is 1. The van der Waals surface area contributed by atoms with Crippen molar-refractivity contribution in [3.63, 3.8) is 0 Å². The Hall–Kier alpha value is -3.17. The van der Waals surface area contributed by atoms with E-state index >= 15 is 0 Å². The highest BCUT2D eigenvalue weighted by Crippen LogP contribution is 2.40. The Morgan fingerprint density at radius 2 is 1.78 bits per heavy atom. The van der Waals surface area contributed by atoms with Gasteiger partial charge in [-0.1, -0.05) is 27.5 Å². The van der Waals surface area contributed by atoms with Gasteiger partial charge >= 0.3 is 0 Å². The van der Waals surface area contributed by atoms with E-state index < -0.39 is 0 Å². The van der Waals surface area contributed by atoms with Gasteiger partial charge in [-0.25, -0.2) is 14.6 Å². The van der Waals surface area contributed by atoms with Crippen molar-refractivity contribution in [2.75, 3.05) is 18.8 Å². The van der Waals surface area contributed by atoms with Gasteiger partial charge in [-0.3, -0.25) is 4.79 Å². The van der Waals surface area contributed by atoms with Gasteiger partial charge in [0.15, 0.2) is 5.65 Å². The topological polar surface area (TPSA) is 99.2 Å². The van der Waals surface area contributed by atoms with Crippen molar-refractivity contribution >= 4 is 50.3 Å². The molecule has 2 aliphatic rings. The number of likely N-dealkylation sites (tertiary alicyclic amines) is 1. The van der Waals surface area contributed by atoms with Crippen LogP contribution in [0.2, 0.25) is 5.02 Å². The van der Waals surface area contributed by atoms with E-state index in [0.29, 0.717) is 45.1 Å². The number of hydrogen-bond donors (Lipinski definition) is 1. The van der Waals surface area contributed by atoms with Crippen molar-refractivity contribution in [2.45, 2.75) is 30.1 Å². The van der Waals surface area contributed by atoms with Crippen LogP contribution in [0.1, 0.15) is 25.3 Å². The van der Waals surface area contributed by atoms with Crippen LogP contribution in [0.3, 0.4) is 0 Å². The van der Waals surface area contributed by atoms with Gasteiger partial charge in [0.05, 0.1) is 17.3 Å². The van der Waals surface area contributed by atoms with Crippen LogP contribution in [0, 0.1) is 5.92 Å². The third kappa shape index (κ3) is 4.41.